The minimum Gasteiger partial charge on any atom is -0.476 e. The zero-order valence-corrected chi connectivity index (χ0v) is 11.6. The number of hydrogen-bond donors (Lipinski definition) is 1. The van der Waals surface area contributed by atoms with Crippen molar-refractivity contribution in [2.24, 2.45) is 0 Å². The molecule has 0 aliphatic rings. The van der Waals surface area contributed by atoms with E-state index in [1.54, 1.807) is 18.2 Å². The number of rotatable bonds is 4. The Kier molecular flexibility index (Phi) is 4.24. The van der Waals surface area contributed by atoms with E-state index < -0.39 is 16.8 Å². The number of aromatic nitrogens is 1. The van der Waals surface area contributed by atoms with Crippen molar-refractivity contribution in [3.63, 3.8) is 0 Å². The quantitative estimate of drug-likeness (QED) is 0.936. The Labute approximate surface area is 120 Å². The molecule has 8 heteroatoms. The Morgan fingerprint density at radius 2 is 2.00 bits per heavy atom. The molecule has 0 aliphatic carbocycles. The average Bonchev–Trinajstić information content (AvgIpc) is 2.77. The highest BCUT2D eigenvalue weighted by Crippen LogP contribution is 2.29. The van der Waals surface area contributed by atoms with Gasteiger partial charge in [0.1, 0.15) is 5.76 Å². The molecule has 0 radical (unpaired) electrons. The van der Waals surface area contributed by atoms with Gasteiger partial charge in [0.2, 0.25) is 0 Å². The second kappa shape index (κ2) is 5.73. The molecule has 0 spiro atoms. The van der Waals surface area contributed by atoms with Crippen molar-refractivity contribution in [2.45, 2.75) is 10.6 Å². The van der Waals surface area contributed by atoms with Crippen LogP contribution in [0.25, 0.3) is 0 Å². The third-order valence-electron chi connectivity index (χ3n) is 2.20. The molecular formula is C11H7Cl2NO4S. The standard InChI is InChI=1S/C11H7Cl2NO4S/c12-7-2-1-3-8(13)10(7)19(17)5-6-4-9(11(15)16)14-18-6/h1-4H,5H2,(H,15,16). The fraction of sp³-hybridized carbons (Fsp3) is 0.0909. The zero-order chi connectivity index (χ0) is 14.0. The van der Waals surface area contributed by atoms with Crippen LogP contribution >= 0.6 is 23.2 Å². The number of aromatic carboxylic acids is 1. The lowest BCUT2D eigenvalue weighted by Crippen LogP contribution is -1.98. The lowest BCUT2D eigenvalue weighted by molar-refractivity contribution is 0.0685. The van der Waals surface area contributed by atoms with Gasteiger partial charge in [0.15, 0.2) is 5.69 Å². The van der Waals surface area contributed by atoms with Crippen molar-refractivity contribution in [3.05, 3.63) is 45.8 Å². The molecule has 0 fully saturated rings. The largest absolute Gasteiger partial charge is 0.476 e. The zero-order valence-electron chi connectivity index (χ0n) is 9.30. The van der Waals surface area contributed by atoms with Gasteiger partial charge in [-0.15, -0.1) is 0 Å². The van der Waals surface area contributed by atoms with Crippen LogP contribution in [0.15, 0.2) is 33.7 Å². The summed E-state index contributed by atoms with van der Waals surface area (Å²) in [6.45, 7) is 0. The van der Waals surface area contributed by atoms with Crippen LogP contribution in [0.5, 0.6) is 0 Å². The minimum absolute atomic E-state index is 0.0519. The SMILES string of the molecule is O=C(O)c1cc(CS(=O)c2c(Cl)cccc2Cl)on1. The Balaban J connectivity index is 2.23. The van der Waals surface area contributed by atoms with Crippen molar-refractivity contribution in [3.8, 4) is 0 Å². The number of carboxylic acids is 1. The molecule has 0 saturated heterocycles. The van der Waals surface area contributed by atoms with Crippen LogP contribution in [0.1, 0.15) is 16.2 Å². The first-order valence-electron chi connectivity index (χ1n) is 5.00. The Bertz CT molecular complexity index is 636. The van der Waals surface area contributed by atoms with Gasteiger partial charge in [0.25, 0.3) is 0 Å². The van der Waals surface area contributed by atoms with E-state index >= 15 is 0 Å². The smallest absolute Gasteiger partial charge is 0.358 e. The van der Waals surface area contributed by atoms with Crippen LogP contribution in [-0.4, -0.2) is 20.4 Å². The van der Waals surface area contributed by atoms with Crippen molar-refractivity contribution in [1.82, 2.24) is 5.16 Å². The first-order valence-corrected chi connectivity index (χ1v) is 7.08. The summed E-state index contributed by atoms with van der Waals surface area (Å²) in [5, 5.41) is 12.6. The molecule has 1 heterocycles. The van der Waals surface area contributed by atoms with Gasteiger partial charge >= 0.3 is 5.97 Å². The second-order valence-electron chi connectivity index (χ2n) is 3.52. The van der Waals surface area contributed by atoms with E-state index in [4.69, 9.17) is 32.8 Å². The predicted molar refractivity (Wildman–Crippen MR) is 70.0 cm³/mol. The molecule has 100 valence electrons. The van der Waals surface area contributed by atoms with Gasteiger partial charge in [-0.2, -0.15) is 0 Å². The lowest BCUT2D eigenvalue weighted by Gasteiger charge is -2.04. The molecule has 5 nitrogen and oxygen atoms in total. The monoisotopic (exact) mass is 319 g/mol. The van der Waals surface area contributed by atoms with E-state index in [1.165, 1.54) is 6.07 Å². The minimum atomic E-state index is -1.55. The number of hydrogen-bond acceptors (Lipinski definition) is 4. The summed E-state index contributed by atoms with van der Waals surface area (Å²) in [4.78, 5) is 10.9. The van der Waals surface area contributed by atoms with Gasteiger partial charge in [-0.3, -0.25) is 4.21 Å². The fourth-order valence-corrected chi connectivity index (χ4v) is 3.41. The highest BCUT2D eigenvalue weighted by molar-refractivity contribution is 7.84. The summed E-state index contributed by atoms with van der Waals surface area (Å²) in [6, 6.07) is 6.00. The summed E-state index contributed by atoms with van der Waals surface area (Å²) >= 11 is 11.9. The van der Waals surface area contributed by atoms with Crippen LogP contribution in [-0.2, 0) is 16.6 Å². The number of nitrogens with zero attached hydrogens (tertiary/aromatic N) is 1. The normalized spacial score (nSPS) is 12.3. The van der Waals surface area contributed by atoms with Crippen molar-refractivity contribution in [1.29, 1.82) is 0 Å². The molecule has 1 aromatic carbocycles. The molecule has 0 amide bonds. The molecule has 0 saturated carbocycles. The van der Waals surface area contributed by atoms with E-state index in [1.807, 2.05) is 0 Å². The van der Waals surface area contributed by atoms with E-state index in [-0.39, 0.29) is 27.3 Å². The van der Waals surface area contributed by atoms with E-state index in [9.17, 15) is 9.00 Å². The van der Waals surface area contributed by atoms with Crippen molar-refractivity contribution >= 4 is 40.0 Å². The Hall–Kier alpha value is -1.37. The molecule has 19 heavy (non-hydrogen) atoms. The molecule has 0 bridgehead atoms. The Morgan fingerprint density at radius 3 is 2.53 bits per heavy atom. The molecule has 1 N–H and O–H groups in total. The highest BCUT2D eigenvalue weighted by Gasteiger charge is 2.17. The van der Waals surface area contributed by atoms with Gasteiger partial charge in [-0.1, -0.05) is 34.4 Å². The van der Waals surface area contributed by atoms with Crippen molar-refractivity contribution < 1.29 is 18.6 Å². The van der Waals surface area contributed by atoms with Gasteiger partial charge < -0.3 is 9.63 Å². The number of carboxylic acid groups (broad SMARTS) is 1. The van der Waals surface area contributed by atoms with Crippen LogP contribution in [0.3, 0.4) is 0 Å². The first kappa shape index (κ1) is 14.0. The molecule has 1 atom stereocenters. The summed E-state index contributed by atoms with van der Waals surface area (Å²) in [6.07, 6.45) is 0. The average molecular weight is 320 g/mol. The van der Waals surface area contributed by atoms with Crippen LogP contribution < -0.4 is 0 Å². The van der Waals surface area contributed by atoms with E-state index in [0.29, 0.717) is 4.90 Å². The Morgan fingerprint density at radius 1 is 1.37 bits per heavy atom. The lowest BCUT2D eigenvalue weighted by atomic mass is 10.4. The van der Waals surface area contributed by atoms with Gasteiger partial charge in [0, 0.05) is 6.07 Å². The number of carbonyl (C=O) groups is 1. The van der Waals surface area contributed by atoms with Gasteiger partial charge in [-0.25, -0.2) is 4.79 Å². The van der Waals surface area contributed by atoms with Crippen LogP contribution in [0.2, 0.25) is 10.0 Å². The van der Waals surface area contributed by atoms with Crippen LogP contribution in [0, 0.1) is 0 Å². The first-order chi connectivity index (χ1) is 8.99. The van der Waals surface area contributed by atoms with Crippen LogP contribution in [0.4, 0.5) is 0 Å². The van der Waals surface area contributed by atoms with E-state index in [0.717, 1.165) is 0 Å². The number of halogens is 2. The highest BCUT2D eigenvalue weighted by atomic mass is 35.5. The maximum absolute atomic E-state index is 12.1. The molecule has 2 aromatic rings. The van der Waals surface area contributed by atoms with Crippen molar-refractivity contribution in [2.75, 3.05) is 0 Å². The molecule has 1 unspecified atom stereocenters. The van der Waals surface area contributed by atoms with Gasteiger partial charge in [-0.05, 0) is 12.1 Å². The topological polar surface area (TPSA) is 80.4 Å². The molecule has 0 aliphatic heterocycles. The summed E-state index contributed by atoms with van der Waals surface area (Å²) in [7, 11) is -1.55. The third-order valence-corrected chi connectivity index (χ3v) is 4.49. The van der Waals surface area contributed by atoms with Gasteiger partial charge in [0.05, 0.1) is 31.5 Å². The fourth-order valence-electron chi connectivity index (χ4n) is 1.38. The molecule has 2 rings (SSSR count). The maximum atomic E-state index is 12.1. The number of benzene rings is 1. The molecular weight excluding hydrogens is 313 g/mol. The molecule has 1 aromatic heterocycles. The predicted octanol–water partition coefficient (Wildman–Crippen LogP) is 2.99. The summed E-state index contributed by atoms with van der Waals surface area (Å²) < 4.78 is 16.9. The maximum Gasteiger partial charge on any atom is 0.358 e. The second-order valence-corrected chi connectivity index (χ2v) is 5.73. The summed E-state index contributed by atoms with van der Waals surface area (Å²) in [5.74, 6) is -1.08. The van der Waals surface area contributed by atoms with E-state index in [2.05, 4.69) is 5.16 Å². The summed E-state index contributed by atoms with van der Waals surface area (Å²) in [5.41, 5.74) is -0.239. The third kappa shape index (κ3) is 3.15.